The lowest BCUT2D eigenvalue weighted by Gasteiger charge is -2.19. The Balaban J connectivity index is 1.61. The lowest BCUT2D eigenvalue weighted by molar-refractivity contribution is -0.238. The zero-order valence-electron chi connectivity index (χ0n) is 18.6. The van der Waals surface area contributed by atoms with Crippen molar-refractivity contribution in [1.82, 2.24) is 14.5 Å². The molecule has 0 amide bonds. The van der Waals surface area contributed by atoms with E-state index in [0.717, 1.165) is 6.66 Å². The maximum absolute atomic E-state index is 13.6. The van der Waals surface area contributed by atoms with Crippen molar-refractivity contribution in [1.29, 1.82) is 5.26 Å². The predicted molar refractivity (Wildman–Crippen MR) is 119 cm³/mol. The number of benzene rings is 1. The van der Waals surface area contributed by atoms with Crippen LogP contribution in [0.5, 0.6) is 0 Å². The number of hydrogen-bond donors (Lipinski definition) is 4. The minimum Gasteiger partial charge on any atom is -0.387 e. The summed E-state index contributed by atoms with van der Waals surface area (Å²) in [6.07, 6.45) is -3.47. The average molecular weight is 507 g/mol. The SMILES string of the molecule is CC(Nc1nc(C#N)nc2c1ccn2[C@@H]1O[C@H](COOP(C)(=O)O)[C@@H](O)[C@H]1O)c1cccc(F)c1. The molecule has 4 N–H and O–H groups in total. The topological polar surface area (TPSA) is 172 Å². The number of halogens is 1. The highest BCUT2D eigenvalue weighted by molar-refractivity contribution is 7.51. The highest BCUT2D eigenvalue weighted by atomic mass is 31.2. The minimum atomic E-state index is -3.91. The molecule has 2 aromatic heterocycles. The first-order valence-electron chi connectivity index (χ1n) is 10.5. The van der Waals surface area contributed by atoms with E-state index in [1.54, 1.807) is 31.3 Å². The van der Waals surface area contributed by atoms with Crippen LogP contribution in [0.4, 0.5) is 10.2 Å². The summed E-state index contributed by atoms with van der Waals surface area (Å²) in [7, 11) is -3.91. The van der Waals surface area contributed by atoms with Crippen LogP contribution < -0.4 is 5.32 Å². The first-order chi connectivity index (χ1) is 16.6. The van der Waals surface area contributed by atoms with Crippen molar-refractivity contribution in [2.45, 2.75) is 37.5 Å². The molecule has 186 valence electrons. The van der Waals surface area contributed by atoms with Crippen molar-refractivity contribution in [3.63, 3.8) is 0 Å². The van der Waals surface area contributed by atoms with E-state index in [1.165, 1.54) is 16.7 Å². The van der Waals surface area contributed by atoms with Gasteiger partial charge in [0.1, 0.15) is 48.3 Å². The van der Waals surface area contributed by atoms with Gasteiger partial charge in [0.15, 0.2) is 6.23 Å². The number of hydrogen-bond acceptors (Lipinski definition) is 10. The van der Waals surface area contributed by atoms with Gasteiger partial charge in [-0.15, -0.1) is 4.67 Å². The number of fused-ring (bicyclic) bond motifs is 1. The Morgan fingerprint density at radius 1 is 1.34 bits per heavy atom. The van der Waals surface area contributed by atoms with Crippen molar-refractivity contribution >= 4 is 24.4 Å². The molecule has 0 saturated carbocycles. The van der Waals surface area contributed by atoms with Gasteiger partial charge < -0.3 is 29.7 Å². The first-order valence-corrected chi connectivity index (χ1v) is 12.5. The molecule has 0 aliphatic carbocycles. The monoisotopic (exact) mass is 507 g/mol. The number of nitriles is 1. The second-order valence-electron chi connectivity index (χ2n) is 8.10. The molecule has 4 rings (SSSR count). The summed E-state index contributed by atoms with van der Waals surface area (Å²) < 4.78 is 36.3. The summed E-state index contributed by atoms with van der Waals surface area (Å²) in [5.74, 6) is -0.233. The third kappa shape index (κ3) is 5.50. The van der Waals surface area contributed by atoms with E-state index >= 15 is 0 Å². The van der Waals surface area contributed by atoms with Gasteiger partial charge in [-0.2, -0.15) is 5.26 Å². The van der Waals surface area contributed by atoms with E-state index < -0.39 is 38.7 Å². The quantitative estimate of drug-likeness (QED) is 0.200. The number of aromatic nitrogens is 3. The van der Waals surface area contributed by atoms with Crippen LogP contribution in [0.25, 0.3) is 11.0 Å². The summed E-state index contributed by atoms with van der Waals surface area (Å²) in [6.45, 7) is 2.30. The van der Waals surface area contributed by atoms with E-state index in [4.69, 9.17) is 9.63 Å². The molecule has 3 aromatic rings. The van der Waals surface area contributed by atoms with E-state index in [9.17, 15) is 24.4 Å². The second kappa shape index (κ2) is 9.96. The Morgan fingerprint density at radius 3 is 2.80 bits per heavy atom. The van der Waals surface area contributed by atoms with Gasteiger partial charge in [-0.05, 0) is 30.7 Å². The zero-order valence-corrected chi connectivity index (χ0v) is 19.5. The Bertz CT molecular complexity index is 1310. The molecule has 12 nitrogen and oxygen atoms in total. The number of nitrogens with zero attached hydrogens (tertiary/aromatic N) is 4. The molecule has 1 aliphatic heterocycles. The van der Waals surface area contributed by atoms with Crippen LogP contribution in [0.2, 0.25) is 0 Å². The fraction of sp³-hybridized carbons (Fsp3) is 0.381. The average Bonchev–Trinajstić information content (AvgIpc) is 3.34. The van der Waals surface area contributed by atoms with Gasteiger partial charge in [-0.1, -0.05) is 12.1 Å². The van der Waals surface area contributed by atoms with E-state index in [1.807, 2.05) is 6.07 Å². The van der Waals surface area contributed by atoms with Crippen molar-refractivity contribution in [2.24, 2.45) is 0 Å². The van der Waals surface area contributed by atoms with Crippen molar-refractivity contribution in [3.8, 4) is 6.07 Å². The predicted octanol–water partition coefficient (Wildman–Crippen LogP) is 2.00. The van der Waals surface area contributed by atoms with Crippen molar-refractivity contribution < 1.29 is 38.4 Å². The van der Waals surface area contributed by atoms with Crippen molar-refractivity contribution in [3.05, 3.63) is 53.7 Å². The van der Waals surface area contributed by atoms with Crippen LogP contribution >= 0.6 is 7.60 Å². The van der Waals surface area contributed by atoms with Gasteiger partial charge in [-0.25, -0.2) is 19.2 Å². The fourth-order valence-corrected chi connectivity index (χ4v) is 4.01. The van der Waals surface area contributed by atoms with Crippen LogP contribution in [0.15, 0.2) is 36.5 Å². The lowest BCUT2D eigenvalue weighted by atomic mass is 10.1. The third-order valence-electron chi connectivity index (χ3n) is 5.41. The highest BCUT2D eigenvalue weighted by Gasteiger charge is 2.44. The van der Waals surface area contributed by atoms with E-state index in [-0.39, 0.29) is 23.3 Å². The minimum absolute atomic E-state index is 0.158. The Labute approximate surface area is 199 Å². The standard InChI is InChI=1S/C21H23FN5O7P/c1-11(12-4-3-5-13(22)8-12)24-19-14-6-7-27(20(14)26-16(9-23)25-19)21-18(29)17(28)15(33-21)10-32-34-35(2,30)31/h3-8,11,15,17-18,21,28-29H,10H2,1-2H3,(H,30,31)(H,24,25,26)/t11?,15-,17-,18-,21-/m1/s1. The van der Waals surface area contributed by atoms with E-state index in [2.05, 4.69) is 24.8 Å². The molecular weight excluding hydrogens is 484 g/mol. The van der Waals surface area contributed by atoms with E-state index in [0.29, 0.717) is 16.8 Å². The number of rotatable bonds is 8. The molecule has 0 spiro atoms. The third-order valence-corrected chi connectivity index (χ3v) is 5.79. The molecule has 2 unspecified atom stereocenters. The van der Waals surface area contributed by atoms with Gasteiger partial charge in [-0.3, -0.25) is 4.57 Å². The fourth-order valence-electron chi connectivity index (χ4n) is 3.75. The molecule has 0 bridgehead atoms. The second-order valence-corrected chi connectivity index (χ2v) is 9.85. The molecule has 6 atom stereocenters. The molecule has 35 heavy (non-hydrogen) atoms. The molecule has 1 fully saturated rings. The first kappa shape index (κ1) is 25.2. The van der Waals surface area contributed by atoms with Gasteiger partial charge in [0, 0.05) is 12.9 Å². The summed E-state index contributed by atoms with van der Waals surface area (Å²) in [5, 5.41) is 34.0. The molecule has 14 heteroatoms. The van der Waals surface area contributed by atoms with Crippen LogP contribution in [-0.4, -0.2) is 61.2 Å². The highest BCUT2D eigenvalue weighted by Crippen LogP contribution is 2.38. The normalized spacial score (nSPS) is 24.7. The molecule has 3 heterocycles. The smallest absolute Gasteiger partial charge is 0.352 e. The molecule has 1 aliphatic rings. The van der Waals surface area contributed by atoms with Gasteiger partial charge in [0.05, 0.1) is 11.4 Å². The number of nitrogens with one attached hydrogen (secondary N) is 1. The van der Waals surface area contributed by atoms with Crippen LogP contribution in [0, 0.1) is 17.1 Å². The van der Waals surface area contributed by atoms with Gasteiger partial charge >= 0.3 is 7.60 Å². The number of aliphatic hydroxyl groups excluding tert-OH is 2. The summed E-state index contributed by atoms with van der Waals surface area (Å²) in [6, 6.07) is 9.23. The van der Waals surface area contributed by atoms with Crippen LogP contribution in [0.3, 0.4) is 0 Å². The van der Waals surface area contributed by atoms with Crippen molar-refractivity contribution in [2.75, 3.05) is 18.6 Å². The summed E-state index contributed by atoms with van der Waals surface area (Å²) >= 11 is 0. The Morgan fingerprint density at radius 2 is 2.11 bits per heavy atom. The zero-order chi connectivity index (χ0) is 25.3. The van der Waals surface area contributed by atoms with Gasteiger partial charge in [0.25, 0.3) is 0 Å². The van der Waals surface area contributed by atoms with Crippen LogP contribution in [-0.2, 0) is 18.9 Å². The summed E-state index contributed by atoms with van der Waals surface area (Å²) in [5.41, 5.74) is 0.907. The summed E-state index contributed by atoms with van der Waals surface area (Å²) in [4.78, 5) is 22.3. The molecule has 1 saturated heterocycles. The Kier molecular flexibility index (Phi) is 7.16. The maximum Gasteiger partial charge on any atom is 0.352 e. The van der Waals surface area contributed by atoms with Gasteiger partial charge in [0.2, 0.25) is 5.82 Å². The number of anilines is 1. The Hall–Kier alpha value is -2.95. The lowest BCUT2D eigenvalue weighted by Crippen LogP contribution is -2.33. The number of aliphatic hydroxyl groups is 2. The largest absolute Gasteiger partial charge is 0.387 e. The molecular formula is C21H23FN5O7P. The number of ether oxygens (including phenoxy) is 1. The van der Waals surface area contributed by atoms with Crippen LogP contribution in [0.1, 0.15) is 30.6 Å². The molecule has 1 aromatic carbocycles. The molecule has 0 radical (unpaired) electrons. The maximum atomic E-state index is 13.6.